The van der Waals surface area contributed by atoms with Crippen LogP contribution in [0.2, 0.25) is 0 Å². The lowest BCUT2D eigenvalue weighted by Gasteiger charge is -2.39. The number of nitrogens with two attached hydrogens (primary N) is 1. The van der Waals surface area contributed by atoms with Crippen molar-refractivity contribution in [3.05, 3.63) is 0 Å². The Hall–Kier alpha value is 0.270. The molecule has 0 saturated carbocycles. The van der Waals surface area contributed by atoms with Crippen LogP contribution < -0.4 is 5.73 Å². The van der Waals surface area contributed by atoms with Gasteiger partial charge in [0.1, 0.15) is 0 Å². The first kappa shape index (κ1) is 9.81. The Balaban J connectivity index is 1.79. The van der Waals surface area contributed by atoms with Crippen LogP contribution in [-0.2, 0) is 0 Å². The fourth-order valence-electron chi connectivity index (χ4n) is 2.29. The molecule has 2 aliphatic heterocycles. The summed E-state index contributed by atoms with van der Waals surface area (Å²) in [6.45, 7) is 3.47. The van der Waals surface area contributed by atoms with E-state index in [9.17, 15) is 0 Å². The smallest absolute Gasteiger partial charge is 0.0218 e. The summed E-state index contributed by atoms with van der Waals surface area (Å²) in [6.07, 6.45) is 4.10. The molecule has 2 saturated heterocycles. The van der Waals surface area contributed by atoms with Crippen LogP contribution in [0.15, 0.2) is 0 Å². The molecular weight excluding hydrogens is 180 g/mol. The van der Waals surface area contributed by atoms with Crippen molar-refractivity contribution in [1.29, 1.82) is 0 Å². The van der Waals surface area contributed by atoms with E-state index in [1.807, 2.05) is 0 Å². The van der Waals surface area contributed by atoms with Crippen LogP contribution >= 0.6 is 11.8 Å². The number of likely N-dealkylation sites (tertiary alicyclic amines) is 1. The maximum absolute atomic E-state index is 5.78. The van der Waals surface area contributed by atoms with Gasteiger partial charge in [0.2, 0.25) is 0 Å². The van der Waals surface area contributed by atoms with E-state index in [4.69, 9.17) is 5.73 Å². The predicted molar refractivity (Wildman–Crippen MR) is 59.1 cm³/mol. The second kappa shape index (κ2) is 4.67. The second-order valence-electron chi connectivity index (χ2n) is 4.28. The highest BCUT2D eigenvalue weighted by molar-refractivity contribution is 8.00. The number of rotatable bonds is 3. The first-order valence-corrected chi connectivity index (χ1v) is 6.57. The summed E-state index contributed by atoms with van der Waals surface area (Å²) in [7, 11) is 0. The van der Waals surface area contributed by atoms with Gasteiger partial charge in [0, 0.05) is 19.1 Å². The minimum absolute atomic E-state index is 0.694. The monoisotopic (exact) mass is 200 g/mol. The highest BCUT2D eigenvalue weighted by Crippen LogP contribution is 2.27. The minimum Gasteiger partial charge on any atom is -0.329 e. The van der Waals surface area contributed by atoms with Crippen molar-refractivity contribution in [2.45, 2.75) is 25.3 Å². The van der Waals surface area contributed by atoms with Crippen LogP contribution in [-0.4, -0.2) is 42.1 Å². The number of piperidine rings is 1. The van der Waals surface area contributed by atoms with E-state index in [-0.39, 0.29) is 0 Å². The topological polar surface area (TPSA) is 29.3 Å². The van der Waals surface area contributed by atoms with Gasteiger partial charge in [-0.05, 0) is 36.8 Å². The lowest BCUT2D eigenvalue weighted by molar-refractivity contribution is 0.136. The molecule has 0 radical (unpaired) electrons. The summed E-state index contributed by atoms with van der Waals surface area (Å²) < 4.78 is 0. The normalized spacial score (nSPS) is 31.6. The van der Waals surface area contributed by atoms with Gasteiger partial charge < -0.3 is 5.73 Å². The highest BCUT2D eigenvalue weighted by atomic mass is 32.2. The van der Waals surface area contributed by atoms with Gasteiger partial charge in [0.15, 0.2) is 0 Å². The van der Waals surface area contributed by atoms with E-state index in [0.717, 1.165) is 12.5 Å². The number of hydrogen-bond donors (Lipinski definition) is 1. The van der Waals surface area contributed by atoms with Crippen molar-refractivity contribution < 1.29 is 0 Å². The van der Waals surface area contributed by atoms with Gasteiger partial charge in [-0.3, -0.25) is 4.90 Å². The van der Waals surface area contributed by atoms with E-state index < -0.39 is 0 Å². The molecule has 3 heteroatoms. The maximum atomic E-state index is 5.78. The van der Waals surface area contributed by atoms with Crippen molar-refractivity contribution in [2.75, 3.05) is 31.1 Å². The molecule has 76 valence electrons. The lowest BCUT2D eigenvalue weighted by atomic mass is 10.0. The molecule has 1 unspecified atom stereocenters. The molecule has 2 aliphatic rings. The molecule has 0 bridgehead atoms. The molecule has 1 atom stereocenters. The Kier molecular flexibility index (Phi) is 3.52. The summed E-state index contributed by atoms with van der Waals surface area (Å²) in [4.78, 5) is 2.63. The van der Waals surface area contributed by atoms with Gasteiger partial charge in [-0.15, -0.1) is 0 Å². The summed E-state index contributed by atoms with van der Waals surface area (Å²) in [5.41, 5.74) is 5.78. The van der Waals surface area contributed by atoms with Crippen molar-refractivity contribution >= 4 is 11.8 Å². The van der Waals surface area contributed by atoms with E-state index in [1.54, 1.807) is 0 Å². The molecule has 2 rings (SSSR count). The molecule has 0 spiro atoms. The molecule has 0 amide bonds. The Morgan fingerprint density at radius 3 is 2.77 bits per heavy atom. The molecule has 0 aromatic heterocycles. The van der Waals surface area contributed by atoms with Gasteiger partial charge >= 0.3 is 0 Å². The predicted octanol–water partition coefficient (Wildman–Crippen LogP) is 1.16. The Morgan fingerprint density at radius 2 is 2.15 bits per heavy atom. The number of hydrogen-bond acceptors (Lipinski definition) is 3. The van der Waals surface area contributed by atoms with Crippen molar-refractivity contribution in [3.63, 3.8) is 0 Å². The van der Waals surface area contributed by atoms with E-state index in [0.29, 0.717) is 6.04 Å². The highest BCUT2D eigenvalue weighted by Gasteiger charge is 2.26. The van der Waals surface area contributed by atoms with E-state index in [1.165, 1.54) is 43.9 Å². The van der Waals surface area contributed by atoms with Crippen LogP contribution in [0.1, 0.15) is 19.3 Å². The summed E-state index contributed by atoms with van der Waals surface area (Å²) in [5.74, 6) is 3.74. The van der Waals surface area contributed by atoms with Crippen LogP contribution in [0.4, 0.5) is 0 Å². The fraction of sp³-hybridized carbons (Fsp3) is 1.00. The number of nitrogens with zero attached hydrogens (tertiary/aromatic N) is 1. The fourth-order valence-corrected chi connectivity index (χ4v) is 3.07. The maximum Gasteiger partial charge on any atom is 0.0218 e. The second-order valence-corrected chi connectivity index (χ2v) is 5.36. The minimum atomic E-state index is 0.694. The van der Waals surface area contributed by atoms with Crippen LogP contribution in [0.25, 0.3) is 0 Å². The van der Waals surface area contributed by atoms with Gasteiger partial charge in [-0.2, -0.15) is 11.8 Å². The summed E-state index contributed by atoms with van der Waals surface area (Å²) >= 11 is 2.08. The number of thioether (sulfide) groups is 1. The average Bonchev–Trinajstić information content (AvgIpc) is 2.12. The molecule has 0 aliphatic carbocycles. The zero-order valence-corrected chi connectivity index (χ0v) is 9.06. The Morgan fingerprint density at radius 1 is 1.31 bits per heavy atom. The van der Waals surface area contributed by atoms with Gasteiger partial charge in [-0.25, -0.2) is 0 Å². The van der Waals surface area contributed by atoms with Crippen LogP contribution in [0.3, 0.4) is 0 Å². The SMILES string of the molecule is NCC1CCCCN1CC1CSC1. The standard InChI is InChI=1S/C10H20N2S/c11-5-10-3-1-2-4-12(10)6-9-7-13-8-9/h9-10H,1-8,11H2. The van der Waals surface area contributed by atoms with Gasteiger partial charge in [-0.1, -0.05) is 6.42 Å². The van der Waals surface area contributed by atoms with Gasteiger partial charge in [0.05, 0.1) is 0 Å². The lowest BCUT2D eigenvalue weighted by Crippen LogP contribution is -2.47. The van der Waals surface area contributed by atoms with Crippen molar-refractivity contribution in [2.24, 2.45) is 11.7 Å². The van der Waals surface area contributed by atoms with E-state index in [2.05, 4.69) is 16.7 Å². The van der Waals surface area contributed by atoms with Gasteiger partial charge in [0.25, 0.3) is 0 Å². The third-order valence-electron chi connectivity index (χ3n) is 3.22. The molecule has 2 fully saturated rings. The van der Waals surface area contributed by atoms with Crippen molar-refractivity contribution in [3.8, 4) is 0 Å². The molecule has 0 aromatic rings. The first-order chi connectivity index (χ1) is 6.40. The zero-order chi connectivity index (χ0) is 9.10. The largest absolute Gasteiger partial charge is 0.329 e. The van der Waals surface area contributed by atoms with E-state index >= 15 is 0 Å². The Labute approximate surface area is 85.2 Å². The zero-order valence-electron chi connectivity index (χ0n) is 8.24. The van der Waals surface area contributed by atoms with Crippen LogP contribution in [0.5, 0.6) is 0 Å². The summed E-state index contributed by atoms with van der Waals surface area (Å²) in [5, 5.41) is 0. The van der Waals surface area contributed by atoms with Crippen LogP contribution in [0, 0.1) is 5.92 Å². The molecule has 0 aromatic carbocycles. The quantitative estimate of drug-likeness (QED) is 0.741. The molecule has 2 nitrogen and oxygen atoms in total. The third-order valence-corrected chi connectivity index (χ3v) is 4.64. The van der Waals surface area contributed by atoms with Crippen molar-refractivity contribution in [1.82, 2.24) is 4.90 Å². The average molecular weight is 200 g/mol. The third kappa shape index (κ3) is 2.39. The molecule has 2 heterocycles. The Bertz CT molecular complexity index is 159. The molecular formula is C10H20N2S. The first-order valence-electron chi connectivity index (χ1n) is 5.42. The summed E-state index contributed by atoms with van der Waals surface area (Å²) in [6, 6.07) is 0.694. The molecule has 13 heavy (non-hydrogen) atoms. The molecule has 2 N–H and O–H groups in total.